The van der Waals surface area contributed by atoms with Crippen LogP contribution in [-0.4, -0.2) is 13.7 Å². The zero-order chi connectivity index (χ0) is 94.7. The molecule has 7 heterocycles. The van der Waals surface area contributed by atoms with Crippen molar-refractivity contribution >= 4 is 232 Å². The summed E-state index contributed by atoms with van der Waals surface area (Å²) in [5, 5.41) is 21.7. The molecule has 676 valence electrons. The molecule has 0 aliphatic rings. The zero-order valence-electron chi connectivity index (χ0n) is 79.1. The quantitative estimate of drug-likeness (QED) is 0.128. The molecule has 0 radical (unpaired) electrons. The van der Waals surface area contributed by atoms with E-state index in [4.69, 9.17) is 40.9 Å². The minimum absolute atomic E-state index is 0.0595. The molecule has 0 aliphatic heterocycles. The Balaban J connectivity index is 0.000000148. The molecule has 0 saturated carbocycles. The van der Waals surface area contributed by atoms with E-state index in [9.17, 15) is 0 Å². The summed E-state index contributed by atoms with van der Waals surface area (Å²) in [6.45, 7) is 20.4. The molecular formula is C129H97Cl2N5O4. The van der Waals surface area contributed by atoms with Crippen LogP contribution in [0.3, 0.4) is 0 Å². The van der Waals surface area contributed by atoms with Gasteiger partial charge in [-0.1, -0.05) is 268 Å². The monoisotopic (exact) mass is 1850 g/mol. The van der Waals surface area contributed by atoms with Gasteiger partial charge in [-0.2, -0.15) is 0 Å². The molecule has 0 amide bonds. The first-order valence-electron chi connectivity index (χ1n) is 48.0. The molecule has 0 bridgehead atoms. The van der Waals surface area contributed by atoms with E-state index < -0.39 is 0 Å². The van der Waals surface area contributed by atoms with Crippen molar-refractivity contribution in [3.63, 3.8) is 0 Å². The Labute approximate surface area is 819 Å². The fraction of sp³-hybridized carbons (Fsp3) is 0.101. The summed E-state index contributed by atoms with van der Waals surface area (Å²) in [6.07, 6.45) is 0.946. The molecule has 7 aromatic heterocycles. The van der Waals surface area contributed by atoms with Crippen LogP contribution in [0, 0.1) is 0 Å². The van der Waals surface area contributed by atoms with Crippen molar-refractivity contribution < 1.29 is 17.7 Å². The van der Waals surface area contributed by atoms with Crippen LogP contribution in [0.15, 0.2) is 430 Å². The smallest absolute Gasteiger partial charge is 0.137 e. The Kier molecular flexibility index (Phi) is 20.3. The summed E-state index contributed by atoms with van der Waals surface area (Å²) in [4.78, 5) is 4.67. The number of fused-ring (bicyclic) bond motifs is 23. The van der Waals surface area contributed by atoms with Gasteiger partial charge in [-0.3, -0.25) is 0 Å². The summed E-state index contributed by atoms with van der Waals surface area (Å²) in [5.74, 6) is 0. The first-order chi connectivity index (χ1) is 68.0. The van der Waals surface area contributed by atoms with E-state index in [0.29, 0.717) is 10.0 Å². The van der Waals surface area contributed by atoms with Gasteiger partial charge in [-0.05, 0) is 278 Å². The van der Waals surface area contributed by atoms with E-state index in [1.54, 1.807) is 0 Å². The van der Waals surface area contributed by atoms with Crippen LogP contribution < -0.4 is 9.80 Å². The minimum atomic E-state index is 0.0595. The molecule has 0 unspecified atom stereocenters. The van der Waals surface area contributed by atoms with Gasteiger partial charge in [0.25, 0.3) is 0 Å². The highest BCUT2D eigenvalue weighted by Crippen LogP contribution is 2.49. The van der Waals surface area contributed by atoms with Crippen LogP contribution in [0.5, 0.6) is 0 Å². The molecular weight excluding hydrogens is 1750 g/mol. The predicted molar refractivity (Wildman–Crippen MR) is 591 cm³/mol. The topological polar surface area (TPSA) is 73.8 Å². The molecule has 20 aromatic carbocycles. The minimum Gasteiger partial charge on any atom is -0.456 e. The molecule has 0 N–H and O–H groups in total. The van der Waals surface area contributed by atoms with Crippen molar-refractivity contribution in [3.05, 3.63) is 450 Å². The van der Waals surface area contributed by atoms with E-state index in [2.05, 4.69) is 462 Å². The van der Waals surface area contributed by atoms with Gasteiger partial charge in [0.05, 0.1) is 33.1 Å². The lowest BCUT2D eigenvalue weighted by atomic mass is 9.87. The van der Waals surface area contributed by atoms with Gasteiger partial charge in [-0.25, -0.2) is 0 Å². The molecule has 11 heteroatoms. The van der Waals surface area contributed by atoms with E-state index in [0.717, 1.165) is 172 Å². The van der Waals surface area contributed by atoms with Gasteiger partial charge >= 0.3 is 0 Å². The van der Waals surface area contributed by atoms with Crippen molar-refractivity contribution in [2.75, 3.05) is 9.80 Å². The third-order valence-electron chi connectivity index (χ3n) is 28.3. The number of aromatic nitrogens is 3. The fourth-order valence-electron chi connectivity index (χ4n) is 21.2. The van der Waals surface area contributed by atoms with Crippen LogP contribution in [0.2, 0.25) is 10.0 Å². The Morgan fingerprint density at radius 2 is 0.464 bits per heavy atom. The number of para-hydroxylation sites is 5. The van der Waals surface area contributed by atoms with E-state index in [1.807, 2.05) is 36.4 Å². The average Bonchev–Trinajstić information content (AvgIpc) is 1.59. The number of hydrogen-bond acceptors (Lipinski definition) is 6. The Morgan fingerprint density at radius 1 is 0.200 bits per heavy atom. The number of halogens is 2. The Bertz CT molecular complexity index is 9170. The lowest BCUT2D eigenvalue weighted by Crippen LogP contribution is -2.11. The maximum atomic E-state index is 6.88. The molecule has 0 aliphatic carbocycles. The predicted octanol–water partition coefficient (Wildman–Crippen LogP) is 38.0. The first-order valence-corrected chi connectivity index (χ1v) is 48.8. The third kappa shape index (κ3) is 15.0. The van der Waals surface area contributed by atoms with Gasteiger partial charge in [0.2, 0.25) is 0 Å². The number of benzene rings is 20. The number of hydrogen-bond donors (Lipinski definition) is 0. The second kappa shape index (κ2) is 33.3. The summed E-state index contributed by atoms with van der Waals surface area (Å²) in [5.41, 5.74) is 30.5. The van der Waals surface area contributed by atoms with Crippen LogP contribution in [0.4, 0.5) is 34.1 Å². The number of furan rings is 4. The molecule has 0 fully saturated rings. The lowest BCUT2D eigenvalue weighted by Gasteiger charge is -2.25. The Hall–Kier alpha value is -16.3. The Morgan fingerprint density at radius 3 is 0.800 bits per heavy atom. The van der Waals surface area contributed by atoms with Gasteiger partial charge in [0, 0.05) is 161 Å². The number of nitrogens with zero attached hydrogens (tertiary/aromatic N) is 5. The van der Waals surface area contributed by atoms with Crippen molar-refractivity contribution in [2.45, 2.75) is 85.0 Å². The lowest BCUT2D eigenvalue weighted by molar-refractivity contribution is 0.590. The van der Waals surface area contributed by atoms with Gasteiger partial charge in [0.15, 0.2) is 0 Å². The SMILES string of the molecule is CC(C)(C)c1ccc(-n2c3ccccc3c3ccc(Cc4ccccc4)cc32)cc1.CC(C)(C)c1ccc(-n2c3ccccc3c3ccc(N(c4ccccc4)c4ccc5c(c4)oc4cc6cc7c(cc6cc45)oc4cc(N(c5ccccc5)c5ccc6c8ccccc8n(-c8ccc(C(C)(C)C)cc8)c6c5)ccc47)cc32)cc1.Clc1ccc2c(c1)oc1cc3cc4c(cc3cc12)oc1cc(Cl)ccc14. The van der Waals surface area contributed by atoms with Crippen molar-refractivity contribution in [1.82, 2.24) is 13.7 Å². The van der Waals surface area contributed by atoms with E-state index >= 15 is 0 Å². The third-order valence-corrected chi connectivity index (χ3v) is 28.7. The second-order valence-electron chi connectivity index (χ2n) is 40.3. The molecule has 0 spiro atoms. The normalized spacial score (nSPS) is 12.3. The zero-order valence-corrected chi connectivity index (χ0v) is 80.6. The highest BCUT2D eigenvalue weighted by molar-refractivity contribution is 6.32. The number of anilines is 6. The molecule has 0 saturated heterocycles. The molecule has 9 nitrogen and oxygen atoms in total. The summed E-state index contributed by atoms with van der Waals surface area (Å²) in [6, 6.07) is 148. The highest BCUT2D eigenvalue weighted by Gasteiger charge is 2.27. The highest BCUT2D eigenvalue weighted by atomic mass is 35.5. The van der Waals surface area contributed by atoms with Gasteiger partial charge in [-0.15, -0.1) is 0 Å². The van der Waals surface area contributed by atoms with Crippen molar-refractivity contribution in [2.24, 2.45) is 0 Å². The van der Waals surface area contributed by atoms with Crippen molar-refractivity contribution in [1.29, 1.82) is 0 Å². The number of rotatable bonds is 11. The molecule has 0 atom stereocenters. The van der Waals surface area contributed by atoms with Gasteiger partial charge in [0.1, 0.15) is 44.7 Å². The molecule has 27 aromatic rings. The summed E-state index contributed by atoms with van der Waals surface area (Å²) >= 11 is 12.2. The second-order valence-corrected chi connectivity index (χ2v) is 41.2. The van der Waals surface area contributed by atoms with Crippen molar-refractivity contribution in [3.8, 4) is 17.1 Å². The van der Waals surface area contributed by atoms with E-state index in [-0.39, 0.29) is 16.2 Å². The van der Waals surface area contributed by atoms with Crippen LogP contribution in [0.1, 0.15) is 90.1 Å². The maximum Gasteiger partial charge on any atom is 0.137 e. The summed E-state index contributed by atoms with van der Waals surface area (Å²) < 4.78 is 33.0. The average molecular weight is 1850 g/mol. The molecule has 140 heavy (non-hydrogen) atoms. The van der Waals surface area contributed by atoms with Crippen LogP contribution >= 0.6 is 23.2 Å². The van der Waals surface area contributed by atoms with E-state index in [1.165, 1.54) is 87.9 Å². The largest absolute Gasteiger partial charge is 0.456 e. The molecule has 27 rings (SSSR count). The maximum absolute atomic E-state index is 6.88. The fourth-order valence-corrected chi connectivity index (χ4v) is 21.5. The van der Waals surface area contributed by atoms with Crippen LogP contribution in [0.25, 0.3) is 192 Å². The standard InChI is InChI=1S/C78H60N4O2.C29H27N.C22H10Cl2O2/c1-77(2,3)51-25-29-55(30-26-51)81-69-23-15-13-21-61(69)63-37-33-57(45-71(63)81)79(53-17-9-7-10-18-53)59-35-39-65-67-41-49-44-74-68(42-50(49)43-73(67)83-75(65)47-59)66-40-36-60(48-76(66)84-74)80(54-19-11-8-12-20-54)58-34-38-64-62-22-14-16-24-70(62)82(72(64)46-58)56-31-27-52(28-32-56)78(4,5)6;1-29(2,3)23-14-16-24(17-15-23)30-27-12-8-7-11-25(27)26-18-13-22(20-28(26)30)19-21-9-5-4-6-10-21;23-13-1-3-15-17-5-11-8-20-18(16-4-2-14(24)10-22(16)26-20)6-12(11)7-19(17)25-21(15)9-13/h7-48H,1-6H3;4-18,20H,19H2,1-3H3;1-10H. The summed E-state index contributed by atoms with van der Waals surface area (Å²) in [7, 11) is 0. The first kappa shape index (κ1) is 85.4. The van der Waals surface area contributed by atoms with Crippen LogP contribution in [-0.2, 0) is 22.7 Å². The van der Waals surface area contributed by atoms with Gasteiger partial charge < -0.3 is 41.2 Å².